The Morgan fingerprint density at radius 1 is 1.13 bits per heavy atom. The lowest BCUT2D eigenvalue weighted by Crippen LogP contribution is -2.39. The van der Waals surface area contributed by atoms with Gasteiger partial charge in [-0.15, -0.1) is 10.2 Å². The molecule has 0 bridgehead atoms. The van der Waals surface area contributed by atoms with Gasteiger partial charge >= 0.3 is 0 Å². The van der Waals surface area contributed by atoms with Gasteiger partial charge in [0.2, 0.25) is 0 Å². The molecule has 0 saturated heterocycles. The van der Waals surface area contributed by atoms with Crippen LogP contribution in [0.2, 0.25) is 0 Å². The number of hydrogen-bond donors (Lipinski definition) is 2. The van der Waals surface area contributed by atoms with Crippen LogP contribution in [0.1, 0.15) is 42.7 Å². The van der Waals surface area contributed by atoms with Gasteiger partial charge < -0.3 is 19.9 Å². The molecule has 7 nitrogen and oxygen atoms in total. The van der Waals surface area contributed by atoms with Crippen molar-refractivity contribution in [2.24, 2.45) is 12.0 Å². The van der Waals surface area contributed by atoms with E-state index in [1.165, 1.54) is 11.1 Å². The number of ether oxygens (including phenoxy) is 1. The molecule has 2 N–H and O–H groups in total. The zero-order valence-corrected chi connectivity index (χ0v) is 18.8. The molecule has 0 radical (unpaired) electrons. The average molecular weight is 421 g/mol. The first-order valence-corrected chi connectivity index (χ1v) is 10.7. The smallest absolute Gasteiger partial charge is 0.192 e. The summed E-state index contributed by atoms with van der Waals surface area (Å²) >= 11 is 0. The Balaban J connectivity index is 1.66. The third-order valence-corrected chi connectivity index (χ3v) is 5.13. The third kappa shape index (κ3) is 6.57. The Morgan fingerprint density at radius 2 is 1.94 bits per heavy atom. The Hall–Kier alpha value is -3.35. The number of aromatic nitrogens is 3. The highest BCUT2D eigenvalue weighted by Gasteiger charge is 2.09. The van der Waals surface area contributed by atoms with E-state index >= 15 is 0 Å². The fourth-order valence-corrected chi connectivity index (χ4v) is 3.20. The van der Waals surface area contributed by atoms with Crippen LogP contribution in [-0.2, 0) is 20.0 Å². The third-order valence-electron chi connectivity index (χ3n) is 5.13. The molecule has 3 aromatic rings. The van der Waals surface area contributed by atoms with Crippen LogP contribution in [0.25, 0.3) is 0 Å². The van der Waals surface area contributed by atoms with E-state index in [2.05, 4.69) is 52.0 Å². The lowest BCUT2D eigenvalue weighted by atomic mass is 10.1. The van der Waals surface area contributed by atoms with Crippen molar-refractivity contribution in [3.8, 4) is 5.75 Å². The first-order chi connectivity index (χ1) is 15.1. The molecule has 0 amide bonds. The van der Waals surface area contributed by atoms with Gasteiger partial charge in [0.05, 0.1) is 12.6 Å². The Bertz CT molecular complexity index is 983. The molecule has 1 heterocycles. The molecule has 31 heavy (non-hydrogen) atoms. The topological polar surface area (TPSA) is 76.4 Å². The molecule has 3 rings (SSSR count). The van der Waals surface area contributed by atoms with E-state index in [1.54, 1.807) is 0 Å². The molecule has 0 aliphatic carbocycles. The van der Waals surface area contributed by atoms with Crippen molar-refractivity contribution < 1.29 is 4.74 Å². The number of aliphatic imine (C=N–C) groups is 1. The number of nitrogens with zero attached hydrogens (tertiary/aromatic N) is 4. The molecule has 1 unspecified atom stereocenters. The van der Waals surface area contributed by atoms with Crippen LogP contribution in [0.15, 0.2) is 59.6 Å². The number of hydrogen-bond acceptors (Lipinski definition) is 4. The van der Waals surface area contributed by atoms with Gasteiger partial charge in [0.25, 0.3) is 0 Å². The van der Waals surface area contributed by atoms with E-state index in [0.717, 1.165) is 36.3 Å². The van der Waals surface area contributed by atoms with Crippen molar-refractivity contribution in [2.75, 3.05) is 13.2 Å². The van der Waals surface area contributed by atoms with Crippen LogP contribution >= 0.6 is 0 Å². The van der Waals surface area contributed by atoms with E-state index < -0.39 is 0 Å². The normalized spacial score (nSPS) is 12.5. The first-order valence-electron chi connectivity index (χ1n) is 10.7. The molecule has 0 aliphatic rings. The Labute approximate surface area is 184 Å². The lowest BCUT2D eigenvalue weighted by Gasteiger charge is -2.19. The molecule has 1 atom stereocenters. The summed E-state index contributed by atoms with van der Waals surface area (Å²) in [4.78, 5) is 4.76. The van der Waals surface area contributed by atoms with Crippen molar-refractivity contribution in [1.82, 2.24) is 25.4 Å². The van der Waals surface area contributed by atoms with E-state index in [0.29, 0.717) is 13.2 Å². The minimum Gasteiger partial charge on any atom is -0.494 e. The predicted octanol–water partition coefficient (Wildman–Crippen LogP) is 3.56. The van der Waals surface area contributed by atoms with Gasteiger partial charge in [0.1, 0.15) is 18.1 Å². The minimum atomic E-state index is 0.120. The van der Waals surface area contributed by atoms with E-state index in [1.807, 2.05) is 55.8 Å². The number of rotatable bonds is 9. The standard InChI is InChI=1S/C24H32N6O/c1-5-31-22-13-9-10-20(16-22)14-15-25-24(26-17-23-29-28-19(3)30(23)4)27-18(2)21-11-7-6-8-12-21/h6-13,16,18H,5,14-15,17H2,1-4H3,(H2,25,26,27). The summed E-state index contributed by atoms with van der Waals surface area (Å²) in [6.07, 6.45) is 0.865. The molecule has 164 valence electrons. The van der Waals surface area contributed by atoms with Crippen LogP contribution in [0.3, 0.4) is 0 Å². The Morgan fingerprint density at radius 3 is 2.65 bits per heavy atom. The molecule has 0 spiro atoms. The minimum absolute atomic E-state index is 0.120. The van der Waals surface area contributed by atoms with Gasteiger partial charge in [0, 0.05) is 13.6 Å². The second-order valence-electron chi connectivity index (χ2n) is 7.42. The van der Waals surface area contributed by atoms with Crippen LogP contribution in [-0.4, -0.2) is 33.9 Å². The summed E-state index contributed by atoms with van der Waals surface area (Å²) < 4.78 is 7.56. The van der Waals surface area contributed by atoms with Gasteiger partial charge in [-0.05, 0) is 50.5 Å². The zero-order chi connectivity index (χ0) is 22.1. The second-order valence-corrected chi connectivity index (χ2v) is 7.42. The maximum Gasteiger partial charge on any atom is 0.192 e. The molecule has 0 fully saturated rings. The summed E-state index contributed by atoms with van der Waals surface area (Å²) in [6, 6.07) is 18.7. The molecule has 2 aromatic carbocycles. The van der Waals surface area contributed by atoms with E-state index in [4.69, 9.17) is 9.73 Å². The fourth-order valence-electron chi connectivity index (χ4n) is 3.20. The van der Waals surface area contributed by atoms with Gasteiger partial charge in [-0.25, -0.2) is 4.99 Å². The van der Waals surface area contributed by atoms with Gasteiger partial charge in [-0.3, -0.25) is 0 Å². The van der Waals surface area contributed by atoms with Gasteiger partial charge in [0.15, 0.2) is 11.8 Å². The first kappa shape index (κ1) is 22.3. The molecule has 1 aromatic heterocycles. The molecular weight excluding hydrogens is 388 g/mol. The summed E-state index contributed by atoms with van der Waals surface area (Å²) in [5.74, 6) is 3.36. The largest absolute Gasteiger partial charge is 0.494 e. The van der Waals surface area contributed by atoms with Gasteiger partial charge in [-0.1, -0.05) is 42.5 Å². The molecule has 0 saturated carbocycles. The zero-order valence-electron chi connectivity index (χ0n) is 18.8. The van der Waals surface area contributed by atoms with Crippen molar-refractivity contribution in [3.05, 3.63) is 77.4 Å². The van der Waals surface area contributed by atoms with E-state index in [-0.39, 0.29) is 6.04 Å². The Kier molecular flexibility index (Phi) is 8.04. The summed E-state index contributed by atoms with van der Waals surface area (Å²) in [5, 5.41) is 15.3. The summed E-state index contributed by atoms with van der Waals surface area (Å²) in [5.41, 5.74) is 2.42. The molecular formula is C24H32N6O. The lowest BCUT2D eigenvalue weighted by molar-refractivity contribution is 0.340. The van der Waals surface area contributed by atoms with Crippen LogP contribution in [0.4, 0.5) is 0 Å². The predicted molar refractivity (Wildman–Crippen MR) is 124 cm³/mol. The van der Waals surface area contributed by atoms with Crippen LogP contribution in [0, 0.1) is 6.92 Å². The number of aryl methyl sites for hydroxylation is 1. The van der Waals surface area contributed by atoms with Crippen molar-refractivity contribution in [2.45, 2.75) is 39.8 Å². The SMILES string of the molecule is CCOc1cccc(CCNC(=NCc2nnc(C)n2C)NC(C)c2ccccc2)c1. The number of guanidine groups is 1. The molecule has 0 aliphatic heterocycles. The van der Waals surface area contributed by atoms with Crippen LogP contribution < -0.4 is 15.4 Å². The van der Waals surface area contributed by atoms with Crippen LogP contribution in [0.5, 0.6) is 5.75 Å². The summed E-state index contributed by atoms with van der Waals surface area (Å²) in [6.45, 7) is 7.93. The maximum absolute atomic E-state index is 5.60. The average Bonchev–Trinajstić information content (AvgIpc) is 3.10. The van der Waals surface area contributed by atoms with Crippen molar-refractivity contribution in [3.63, 3.8) is 0 Å². The quantitative estimate of drug-likeness (QED) is 0.409. The number of benzene rings is 2. The maximum atomic E-state index is 5.60. The van der Waals surface area contributed by atoms with E-state index in [9.17, 15) is 0 Å². The second kappa shape index (κ2) is 11.2. The highest BCUT2D eigenvalue weighted by Crippen LogP contribution is 2.14. The van der Waals surface area contributed by atoms with Crippen molar-refractivity contribution in [1.29, 1.82) is 0 Å². The highest BCUT2D eigenvalue weighted by atomic mass is 16.5. The number of nitrogens with one attached hydrogen (secondary N) is 2. The molecule has 7 heteroatoms. The fraction of sp³-hybridized carbons (Fsp3) is 0.375. The monoisotopic (exact) mass is 420 g/mol. The summed E-state index contributed by atoms with van der Waals surface area (Å²) in [7, 11) is 1.96. The highest BCUT2D eigenvalue weighted by molar-refractivity contribution is 5.80. The van der Waals surface area contributed by atoms with Gasteiger partial charge in [-0.2, -0.15) is 0 Å². The van der Waals surface area contributed by atoms with Crippen molar-refractivity contribution >= 4 is 5.96 Å².